The van der Waals surface area contributed by atoms with Crippen LogP contribution in [0.1, 0.15) is 39.5 Å². The van der Waals surface area contributed by atoms with Crippen molar-refractivity contribution in [2.75, 3.05) is 0 Å². The van der Waals surface area contributed by atoms with Gasteiger partial charge in [0.15, 0.2) is 0 Å². The number of hydrogen-bond donors (Lipinski definition) is 0. The maximum atomic E-state index is 2.57. The van der Waals surface area contributed by atoms with Crippen molar-refractivity contribution in [2.45, 2.75) is 39.5 Å². The van der Waals surface area contributed by atoms with Gasteiger partial charge < -0.3 is 0 Å². The van der Waals surface area contributed by atoms with Crippen molar-refractivity contribution in [3.8, 4) is 0 Å². The molecule has 0 aromatic carbocycles. The Labute approximate surface area is 68.4 Å². The second-order valence-corrected chi connectivity index (χ2v) is 5.77. The third kappa shape index (κ3) is 0.237. The van der Waals surface area contributed by atoms with Crippen molar-refractivity contribution in [1.29, 1.82) is 0 Å². The third-order valence-corrected chi connectivity index (χ3v) is 6.26. The minimum Gasteiger partial charge on any atom is -0.0622 e. The first-order chi connectivity index (χ1) is 5.21. The molecule has 3 unspecified atom stereocenters. The largest absolute Gasteiger partial charge is 0.0622 e. The van der Waals surface area contributed by atoms with E-state index in [9.17, 15) is 0 Å². The van der Waals surface area contributed by atoms with Crippen molar-refractivity contribution >= 4 is 0 Å². The molecule has 5 aliphatic rings. The fourth-order valence-electron chi connectivity index (χ4n) is 5.89. The first-order valence-electron chi connectivity index (χ1n) is 5.21. The van der Waals surface area contributed by atoms with E-state index in [2.05, 4.69) is 13.8 Å². The summed E-state index contributed by atoms with van der Waals surface area (Å²) in [5.41, 5.74) is 2.78. The Morgan fingerprint density at radius 3 is 2.18 bits per heavy atom. The molecule has 0 heterocycles. The molecule has 3 atom stereocenters. The molecule has 0 heteroatoms. The van der Waals surface area contributed by atoms with Crippen LogP contribution < -0.4 is 0 Å². The normalized spacial score (nSPS) is 81.3. The molecule has 0 saturated heterocycles. The highest BCUT2D eigenvalue weighted by Crippen LogP contribution is 3.12. The van der Waals surface area contributed by atoms with Crippen LogP contribution in [0.5, 0.6) is 0 Å². The van der Waals surface area contributed by atoms with Gasteiger partial charge in [-0.25, -0.2) is 0 Å². The van der Waals surface area contributed by atoms with Gasteiger partial charge in [-0.15, -0.1) is 0 Å². The third-order valence-electron chi connectivity index (χ3n) is 6.26. The van der Waals surface area contributed by atoms with E-state index in [0.717, 1.165) is 22.2 Å². The molecule has 0 aliphatic heterocycles. The molecule has 0 N–H and O–H groups in total. The quantitative estimate of drug-likeness (QED) is 0.495. The molecule has 5 saturated carbocycles. The van der Waals surface area contributed by atoms with Crippen LogP contribution in [0.25, 0.3) is 0 Å². The van der Waals surface area contributed by atoms with E-state index < -0.39 is 0 Å². The first-order valence-corrected chi connectivity index (χ1v) is 5.21. The zero-order valence-corrected chi connectivity index (χ0v) is 7.48. The molecule has 5 fully saturated rings. The summed E-state index contributed by atoms with van der Waals surface area (Å²) >= 11 is 0. The monoisotopic (exact) mass is 148 g/mol. The molecule has 2 bridgehead atoms. The van der Waals surface area contributed by atoms with Crippen LogP contribution in [0.3, 0.4) is 0 Å². The summed E-state index contributed by atoms with van der Waals surface area (Å²) < 4.78 is 0. The molecule has 60 valence electrons. The fraction of sp³-hybridized carbons (Fsp3) is 1.00. The van der Waals surface area contributed by atoms with Gasteiger partial charge in [-0.3, -0.25) is 0 Å². The van der Waals surface area contributed by atoms with Crippen LogP contribution >= 0.6 is 0 Å². The second-order valence-electron chi connectivity index (χ2n) is 5.77. The van der Waals surface area contributed by atoms with Crippen LogP contribution in [-0.2, 0) is 0 Å². The van der Waals surface area contributed by atoms with Crippen molar-refractivity contribution < 1.29 is 0 Å². The number of fused-ring (bicyclic) bond motifs is 2. The van der Waals surface area contributed by atoms with Crippen LogP contribution in [0.4, 0.5) is 0 Å². The summed E-state index contributed by atoms with van der Waals surface area (Å²) in [6, 6.07) is 0. The lowest BCUT2D eigenvalue weighted by Crippen LogP contribution is -2.30. The minimum atomic E-state index is 0.872. The Balaban J connectivity index is 1.88. The van der Waals surface area contributed by atoms with E-state index in [4.69, 9.17) is 0 Å². The summed E-state index contributed by atoms with van der Waals surface area (Å²) in [6.45, 7) is 5.06. The van der Waals surface area contributed by atoms with Gasteiger partial charge in [0.05, 0.1) is 0 Å². The summed E-state index contributed by atoms with van der Waals surface area (Å²) in [5, 5.41) is 0. The van der Waals surface area contributed by atoms with E-state index >= 15 is 0 Å². The molecule has 0 amide bonds. The standard InChI is InChI=1S/C11H16/c1-7-3-4-9(2)10-5-6-11(9,10)8(7)10/h7-8H,3-6H2,1-2H3. The van der Waals surface area contributed by atoms with Crippen LogP contribution in [0.15, 0.2) is 0 Å². The second kappa shape index (κ2) is 1.03. The number of rotatable bonds is 0. The summed E-state index contributed by atoms with van der Waals surface area (Å²) in [5.74, 6) is 2.29. The summed E-state index contributed by atoms with van der Waals surface area (Å²) in [4.78, 5) is 0. The summed E-state index contributed by atoms with van der Waals surface area (Å²) in [6.07, 6.45) is 6.28. The van der Waals surface area contributed by atoms with Gasteiger partial charge >= 0.3 is 0 Å². The maximum Gasteiger partial charge on any atom is -0.0136 e. The molecule has 5 aliphatic carbocycles. The Morgan fingerprint density at radius 2 is 1.73 bits per heavy atom. The van der Waals surface area contributed by atoms with E-state index in [0.29, 0.717) is 0 Å². The predicted molar refractivity (Wildman–Crippen MR) is 44.1 cm³/mol. The van der Waals surface area contributed by atoms with E-state index in [-0.39, 0.29) is 0 Å². The van der Waals surface area contributed by atoms with Crippen molar-refractivity contribution in [3.63, 3.8) is 0 Å². The average molecular weight is 148 g/mol. The predicted octanol–water partition coefficient (Wildman–Crippen LogP) is 2.83. The summed E-state index contributed by atoms with van der Waals surface area (Å²) in [7, 11) is 0. The minimum absolute atomic E-state index is 0.872. The maximum absolute atomic E-state index is 2.57. The molecule has 2 spiro atoms. The lowest BCUT2D eigenvalue weighted by molar-refractivity contribution is 0.114. The van der Waals surface area contributed by atoms with Crippen molar-refractivity contribution in [2.24, 2.45) is 28.1 Å². The highest BCUT2D eigenvalue weighted by molar-refractivity contribution is 5.54. The highest BCUT2D eigenvalue weighted by Gasteiger charge is 3.07. The van der Waals surface area contributed by atoms with Gasteiger partial charge in [0.2, 0.25) is 0 Å². The average Bonchev–Trinajstić information content (AvgIpc) is 2.50. The van der Waals surface area contributed by atoms with E-state index in [1.54, 1.807) is 19.3 Å². The smallest absolute Gasteiger partial charge is 0.0136 e. The van der Waals surface area contributed by atoms with Gasteiger partial charge in [0.25, 0.3) is 0 Å². The molecular formula is C11H16. The fourth-order valence-corrected chi connectivity index (χ4v) is 5.89. The van der Waals surface area contributed by atoms with E-state index in [1.165, 1.54) is 12.3 Å². The highest BCUT2D eigenvalue weighted by atomic mass is 15.1. The molecule has 0 aromatic rings. The molecule has 11 heavy (non-hydrogen) atoms. The van der Waals surface area contributed by atoms with Gasteiger partial charge in [-0.1, -0.05) is 13.8 Å². The van der Waals surface area contributed by atoms with Crippen molar-refractivity contribution in [3.05, 3.63) is 0 Å². The van der Waals surface area contributed by atoms with Crippen LogP contribution in [0.2, 0.25) is 0 Å². The molecular weight excluding hydrogens is 132 g/mol. The van der Waals surface area contributed by atoms with Crippen LogP contribution in [0, 0.1) is 28.1 Å². The zero-order valence-electron chi connectivity index (χ0n) is 7.48. The van der Waals surface area contributed by atoms with Crippen LogP contribution in [-0.4, -0.2) is 0 Å². The Bertz CT molecular complexity index is 249. The lowest BCUT2D eigenvalue weighted by Gasteiger charge is -2.37. The van der Waals surface area contributed by atoms with Gasteiger partial charge in [-0.2, -0.15) is 0 Å². The molecule has 0 nitrogen and oxygen atoms in total. The SMILES string of the molecule is CC1CCC2(C)C34CCC23C14. The Morgan fingerprint density at radius 1 is 1.09 bits per heavy atom. The van der Waals surface area contributed by atoms with Gasteiger partial charge in [-0.05, 0) is 53.8 Å². The first kappa shape index (κ1) is 5.61. The molecule has 5 rings (SSSR count). The Hall–Kier alpha value is 0. The van der Waals surface area contributed by atoms with Crippen molar-refractivity contribution in [1.82, 2.24) is 0 Å². The molecule has 0 radical (unpaired) electrons. The van der Waals surface area contributed by atoms with Gasteiger partial charge in [0, 0.05) is 0 Å². The topological polar surface area (TPSA) is 0 Å². The van der Waals surface area contributed by atoms with Gasteiger partial charge in [0.1, 0.15) is 0 Å². The van der Waals surface area contributed by atoms with E-state index in [1.807, 2.05) is 0 Å². The zero-order chi connectivity index (χ0) is 7.48. The number of hydrogen-bond acceptors (Lipinski definition) is 0. The lowest BCUT2D eigenvalue weighted by atomic mass is 9.67. The Kier molecular flexibility index (Phi) is 0.527. The molecule has 0 aromatic heterocycles.